The van der Waals surface area contributed by atoms with Gasteiger partial charge in [0.25, 0.3) is 5.78 Å². The number of aromatic amines is 1. The Kier molecular flexibility index (Phi) is 2.72. The highest BCUT2D eigenvalue weighted by molar-refractivity contribution is 5.81. The van der Waals surface area contributed by atoms with Crippen LogP contribution in [-0.2, 0) is 0 Å². The third kappa shape index (κ3) is 2.03. The van der Waals surface area contributed by atoms with Crippen LogP contribution in [0.2, 0.25) is 0 Å². The molecule has 22 heavy (non-hydrogen) atoms. The van der Waals surface area contributed by atoms with Crippen LogP contribution in [0.1, 0.15) is 0 Å². The van der Waals surface area contributed by atoms with Crippen molar-refractivity contribution >= 4 is 28.4 Å². The molecule has 0 radical (unpaired) electrons. The summed E-state index contributed by atoms with van der Waals surface area (Å²) in [7, 11) is 1.61. The van der Waals surface area contributed by atoms with Crippen molar-refractivity contribution in [2.75, 3.05) is 12.4 Å². The number of aromatic nitrogens is 4. The summed E-state index contributed by atoms with van der Waals surface area (Å²) >= 11 is 0. The molecular formula is C15H12FN5O. The molecule has 2 N–H and O–H groups in total. The molecule has 0 atom stereocenters. The van der Waals surface area contributed by atoms with Crippen LogP contribution in [0.3, 0.4) is 0 Å². The van der Waals surface area contributed by atoms with E-state index in [4.69, 9.17) is 4.74 Å². The lowest BCUT2D eigenvalue weighted by Gasteiger charge is -2.02. The summed E-state index contributed by atoms with van der Waals surface area (Å²) in [6.07, 6.45) is 0. The smallest absolute Gasteiger partial charge is 0.253 e. The standard InChI is InChI=1S/C15H12FN5O/c1-22-11-5-6-13-12(8-11)18-15-19-14(20-21(13)15)17-10-4-2-3-9(16)7-10/h2-8H,1H3,(H2,17,18,19,20). The summed E-state index contributed by atoms with van der Waals surface area (Å²) in [6.45, 7) is 0. The quantitative estimate of drug-likeness (QED) is 0.610. The number of fused-ring (bicyclic) bond motifs is 3. The molecular weight excluding hydrogens is 285 g/mol. The molecule has 0 saturated heterocycles. The Labute approximate surface area is 124 Å². The number of nitrogens with zero attached hydrogens (tertiary/aromatic N) is 3. The minimum atomic E-state index is -0.307. The summed E-state index contributed by atoms with van der Waals surface area (Å²) in [5, 5.41) is 6.11. The number of halogens is 1. The predicted molar refractivity (Wildman–Crippen MR) is 81.1 cm³/mol. The van der Waals surface area contributed by atoms with Gasteiger partial charge in [0.15, 0.2) is 0 Å². The third-order valence-corrected chi connectivity index (χ3v) is 3.36. The Balaban J connectivity index is 1.75. The molecule has 0 unspecified atom stereocenters. The first-order valence-electron chi connectivity index (χ1n) is 6.68. The molecule has 0 bridgehead atoms. The maximum absolute atomic E-state index is 13.2. The topological polar surface area (TPSA) is 67.2 Å². The summed E-state index contributed by atoms with van der Waals surface area (Å²) in [6, 6.07) is 11.8. The Morgan fingerprint density at radius 1 is 1.18 bits per heavy atom. The third-order valence-electron chi connectivity index (χ3n) is 3.36. The number of H-pyrrole nitrogens is 1. The van der Waals surface area contributed by atoms with Crippen LogP contribution in [0, 0.1) is 5.82 Å². The summed E-state index contributed by atoms with van der Waals surface area (Å²) in [5.74, 6) is 1.46. The molecule has 0 fully saturated rings. The van der Waals surface area contributed by atoms with E-state index in [9.17, 15) is 4.39 Å². The van der Waals surface area contributed by atoms with Crippen molar-refractivity contribution in [3.63, 3.8) is 0 Å². The lowest BCUT2D eigenvalue weighted by molar-refractivity contribution is 0.415. The maximum Gasteiger partial charge on any atom is 0.253 e. The monoisotopic (exact) mass is 297 g/mol. The van der Waals surface area contributed by atoms with E-state index in [2.05, 4.69) is 20.4 Å². The van der Waals surface area contributed by atoms with Crippen molar-refractivity contribution in [1.82, 2.24) is 19.6 Å². The van der Waals surface area contributed by atoms with Gasteiger partial charge in [0, 0.05) is 11.8 Å². The summed E-state index contributed by atoms with van der Waals surface area (Å²) < 4.78 is 20.1. The second kappa shape index (κ2) is 4.73. The zero-order valence-electron chi connectivity index (χ0n) is 11.7. The highest BCUT2D eigenvalue weighted by Crippen LogP contribution is 2.22. The van der Waals surface area contributed by atoms with Gasteiger partial charge in [-0.1, -0.05) is 6.07 Å². The minimum absolute atomic E-state index is 0.307. The van der Waals surface area contributed by atoms with E-state index in [1.54, 1.807) is 23.8 Å². The van der Waals surface area contributed by atoms with Gasteiger partial charge in [0.2, 0.25) is 5.95 Å². The van der Waals surface area contributed by atoms with Gasteiger partial charge in [-0.15, -0.1) is 0 Å². The zero-order chi connectivity index (χ0) is 15.1. The molecule has 0 saturated carbocycles. The van der Waals surface area contributed by atoms with Crippen molar-refractivity contribution in [3.8, 4) is 5.75 Å². The number of imidazole rings is 1. The fourth-order valence-electron chi connectivity index (χ4n) is 2.35. The lowest BCUT2D eigenvalue weighted by atomic mass is 10.3. The van der Waals surface area contributed by atoms with Crippen molar-refractivity contribution < 1.29 is 9.13 Å². The normalized spacial score (nSPS) is 11.2. The van der Waals surface area contributed by atoms with Crippen LogP contribution in [0.4, 0.5) is 16.0 Å². The Bertz CT molecular complexity index is 975. The van der Waals surface area contributed by atoms with E-state index in [-0.39, 0.29) is 5.82 Å². The van der Waals surface area contributed by atoms with Crippen molar-refractivity contribution in [2.24, 2.45) is 0 Å². The molecule has 2 aromatic heterocycles. The van der Waals surface area contributed by atoms with Crippen LogP contribution in [0.15, 0.2) is 42.5 Å². The van der Waals surface area contributed by atoms with Gasteiger partial charge in [-0.05, 0) is 30.3 Å². The molecule has 0 aliphatic heterocycles. The summed E-state index contributed by atoms with van der Waals surface area (Å²) in [4.78, 5) is 8.78. The molecule has 6 nitrogen and oxygen atoms in total. The molecule has 2 heterocycles. The predicted octanol–water partition coefficient (Wildman–Crippen LogP) is 3.10. The van der Waals surface area contributed by atoms with E-state index in [0.717, 1.165) is 16.8 Å². The van der Waals surface area contributed by atoms with E-state index in [1.807, 2.05) is 18.2 Å². The first-order valence-corrected chi connectivity index (χ1v) is 6.68. The SMILES string of the molecule is COc1ccc2c(c1)nc1nc(Nc3cccc(F)c3)[nH]n12. The van der Waals surface area contributed by atoms with E-state index < -0.39 is 0 Å². The number of hydrogen-bond donors (Lipinski definition) is 2. The van der Waals surface area contributed by atoms with Gasteiger partial charge < -0.3 is 10.1 Å². The number of methoxy groups -OCH3 is 1. The van der Waals surface area contributed by atoms with Gasteiger partial charge in [-0.25, -0.2) is 13.9 Å². The second-order valence-electron chi connectivity index (χ2n) is 4.81. The first kappa shape index (κ1) is 12.6. The molecule has 0 spiro atoms. The van der Waals surface area contributed by atoms with Crippen molar-refractivity contribution in [3.05, 3.63) is 48.3 Å². The number of anilines is 2. The molecule has 7 heteroatoms. The Hall–Kier alpha value is -3.09. The fraction of sp³-hybridized carbons (Fsp3) is 0.0667. The van der Waals surface area contributed by atoms with Crippen LogP contribution in [-0.4, -0.2) is 26.7 Å². The average molecular weight is 297 g/mol. The van der Waals surface area contributed by atoms with Crippen molar-refractivity contribution in [2.45, 2.75) is 0 Å². The minimum Gasteiger partial charge on any atom is -0.497 e. The second-order valence-corrected chi connectivity index (χ2v) is 4.81. The molecule has 2 aromatic carbocycles. The summed E-state index contributed by atoms with van der Waals surface area (Å²) in [5.41, 5.74) is 2.29. The number of hydrogen-bond acceptors (Lipinski definition) is 4. The molecule has 4 aromatic rings. The van der Waals surface area contributed by atoms with Crippen LogP contribution in [0.25, 0.3) is 16.8 Å². The molecule has 110 valence electrons. The van der Waals surface area contributed by atoms with E-state index >= 15 is 0 Å². The van der Waals surface area contributed by atoms with Gasteiger partial charge in [0.1, 0.15) is 11.6 Å². The fourth-order valence-corrected chi connectivity index (χ4v) is 2.35. The average Bonchev–Trinajstić information content (AvgIpc) is 3.03. The largest absolute Gasteiger partial charge is 0.497 e. The van der Waals surface area contributed by atoms with Crippen molar-refractivity contribution in [1.29, 1.82) is 0 Å². The highest BCUT2D eigenvalue weighted by Gasteiger charge is 2.10. The molecule has 0 amide bonds. The number of ether oxygens (including phenoxy) is 1. The van der Waals surface area contributed by atoms with Gasteiger partial charge in [0.05, 0.1) is 18.1 Å². The van der Waals surface area contributed by atoms with Crippen LogP contribution < -0.4 is 10.1 Å². The molecule has 4 rings (SSSR count). The van der Waals surface area contributed by atoms with E-state index in [0.29, 0.717) is 17.4 Å². The number of nitrogens with one attached hydrogen (secondary N) is 2. The lowest BCUT2D eigenvalue weighted by Crippen LogP contribution is -1.94. The zero-order valence-corrected chi connectivity index (χ0v) is 11.7. The molecule has 0 aliphatic rings. The Morgan fingerprint density at radius 3 is 2.91 bits per heavy atom. The highest BCUT2D eigenvalue weighted by atomic mass is 19.1. The van der Waals surface area contributed by atoms with Gasteiger partial charge >= 0.3 is 0 Å². The van der Waals surface area contributed by atoms with Crippen LogP contribution in [0.5, 0.6) is 5.75 Å². The molecule has 0 aliphatic carbocycles. The van der Waals surface area contributed by atoms with Crippen LogP contribution >= 0.6 is 0 Å². The van der Waals surface area contributed by atoms with E-state index in [1.165, 1.54) is 12.1 Å². The van der Waals surface area contributed by atoms with Gasteiger partial charge in [-0.2, -0.15) is 4.98 Å². The first-order chi connectivity index (χ1) is 10.7. The maximum atomic E-state index is 13.2. The van der Waals surface area contributed by atoms with Gasteiger partial charge in [-0.3, -0.25) is 5.10 Å². The Morgan fingerprint density at radius 2 is 2.09 bits per heavy atom. The number of benzene rings is 2. The number of rotatable bonds is 3.